The fourth-order valence-electron chi connectivity index (χ4n) is 4.33. The Labute approximate surface area is 106 Å². The van der Waals surface area contributed by atoms with E-state index in [9.17, 15) is 0 Å². The minimum absolute atomic E-state index is 0.395. The molecule has 2 unspecified atom stereocenters. The number of nitrogens with two attached hydrogens (primary N) is 1. The molecule has 17 heavy (non-hydrogen) atoms. The van der Waals surface area contributed by atoms with Gasteiger partial charge in [-0.05, 0) is 63.5 Å². The van der Waals surface area contributed by atoms with Gasteiger partial charge in [-0.3, -0.25) is 4.90 Å². The Hall–Kier alpha value is -0.0800. The molecule has 0 aromatic carbocycles. The predicted molar refractivity (Wildman–Crippen MR) is 71.9 cm³/mol. The standard InChI is InChI=1S/C15H28N2/c16-12-15(17-9-2-1-3-10-17)8-4-5-14(11-15)13-6-7-13/h13-14H,1-12,16H2. The Balaban J connectivity index is 1.70. The van der Waals surface area contributed by atoms with E-state index < -0.39 is 0 Å². The second-order valence-electron chi connectivity index (χ2n) is 6.67. The van der Waals surface area contributed by atoms with Crippen LogP contribution in [-0.4, -0.2) is 30.1 Å². The van der Waals surface area contributed by atoms with Crippen LogP contribution < -0.4 is 5.73 Å². The first kappa shape index (κ1) is 12.0. The van der Waals surface area contributed by atoms with Crippen molar-refractivity contribution < 1.29 is 0 Å². The van der Waals surface area contributed by atoms with Gasteiger partial charge in [0.15, 0.2) is 0 Å². The first-order chi connectivity index (χ1) is 8.34. The molecule has 1 heterocycles. The summed E-state index contributed by atoms with van der Waals surface area (Å²) < 4.78 is 0. The molecule has 2 atom stereocenters. The van der Waals surface area contributed by atoms with Crippen molar-refractivity contribution in [2.75, 3.05) is 19.6 Å². The average molecular weight is 236 g/mol. The topological polar surface area (TPSA) is 29.3 Å². The molecule has 0 aromatic rings. The van der Waals surface area contributed by atoms with Gasteiger partial charge in [0.1, 0.15) is 0 Å². The van der Waals surface area contributed by atoms with Crippen molar-refractivity contribution >= 4 is 0 Å². The maximum atomic E-state index is 6.21. The lowest BCUT2D eigenvalue weighted by Crippen LogP contribution is -2.57. The summed E-state index contributed by atoms with van der Waals surface area (Å²) in [6.07, 6.45) is 12.9. The van der Waals surface area contributed by atoms with Crippen molar-refractivity contribution in [1.82, 2.24) is 4.90 Å². The third kappa shape index (κ3) is 2.39. The summed E-state index contributed by atoms with van der Waals surface area (Å²) in [4.78, 5) is 2.77. The highest BCUT2D eigenvalue weighted by Gasteiger charge is 2.44. The van der Waals surface area contributed by atoms with Gasteiger partial charge in [-0.2, -0.15) is 0 Å². The largest absolute Gasteiger partial charge is 0.329 e. The van der Waals surface area contributed by atoms with Gasteiger partial charge in [0, 0.05) is 12.1 Å². The Morgan fingerprint density at radius 1 is 0.941 bits per heavy atom. The van der Waals surface area contributed by atoms with Crippen LogP contribution in [0.1, 0.15) is 57.8 Å². The van der Waals surface area contributed by atoms with Crippen molar-refractivity contribution in [3.8, 4) is 0 Å². The molecule has 2 nitrogen and oxygen atoms in total. The molecule has 3 fully saturated rings. The van der Waals surface area contributed by atoms with Crippen LogP contribution in [0.25, 0.3) is 0 Å². The van der Waals surface area contributed by atoms with Crippen molar-refractivity contribution in [1.29, 1.82) is 0 Å². The molecule has 1 saturated heterocycles. The van der Waals surface area contributed by atoms with Crippen molar-refractivity contribution in [2.24, 2.45) is 17.6 Å². The number of rotatable bonds is 3. The summed E-state index contributed by atoms with van der Waals surface area (Å²) in [7, 11) is 0. The SMILES string of the molecule is NCC1(N2CCCCC2)CCCC(C2CC2)C1. The molecular formula is C15H28N2. The normalized spacial score (nSPS) is 40.4. The lowest BCUT2D eigenvalue weighted by Gasteiger charge is -2.50. The molecule has 98 valence electrons. The van der Waals surface area contributed by atoms with Crippen molar-refractivity contribution in [2.45, 2.75) is 63.3 Å². The van der Waals surface area contributed by atoms with E-state index >= 15 is 0 Å². The molecule has 2 saturated carbocycles. The number of hydrogen-bond acceptors (Lipinski definition) is 2. The van der Waals surface area contributed by atoms with E-state index in [0.29, 0.717) is 5.54 Å². The smallest absolute Gasteiger partial charge is 0.0334 e. The molecule has 2 aliphatic carbocycles. The molecule has 1 aliphatic heterocycles. The summed E-state index contributed by atoms with van der Waals surface area (Å²) >= 11 is 0. The lowest BCUT2D eigenvalue weighted by molar-refractivity contribution is 0.0173. The van der Waals surface area contributed by atoms with Crippen molar-refractivity contribution in [3.05, 3.63) is 0 Å². The molecule has 0 aromatic heterocycles. The molecule has 3 rings (SSSR count). The second kappa shape index (κ2) is 4.89. The zero-order valence-corrected chi connectivity index (χ0v) is 11.2. The van der Waals surface area contributed by atoms with E-state index in [0.717, 1.165) is 18.4 Å². The summed E-state index contributed by atoms with van der Waals surface area (Å²) in [6.45, 7) is 3.53. The zero-order chi connectivity index (χ0) is 11.7. The fourth-order valence-corrected chi connectivity index (χ4v) is 4.33. The average Bonchev–Trinajstić information content (AvgIpc) is 3.24. The maximum Gasteiger partial charge on any atom is 0.0334 e. The molecule has 0 radical (unpaired) electrons. The van der Waals surface area contributed by atoms with Gasteiger partial charge in [-0.1, -0.05) is 19.3 Å². The van der Waals surface area contributed by atoms with Crippen molar-refractivity contribution in [3.63, 3.8) is 0 Å². The Bertz CT molecular complexity index is 256. The summed E-state index contributed by atoms with van der Waals surface area (Å²) in [6, 6.07) is 0. The van der Waals surface area contributed by atoms with Crippen LogP contribution in [0.15, 0.2) is 0 Å². The lowest BCUT2D eigenvalue weighted by atomic mass is 9.72. The Morgan fingerprint density at radius 2 is 1.71 bits per heavy atom. The summed E-state index contributed by atoms with van der Waals surface area (Å²) in [5, 5.41) is 0. The van der Waals surface area contributed by atoms with E-state index in [1.54, 1.807) is 0 Å². The molecule has 2 heteroatoms. The van der Waals surface area contributed by atoms with Crippen LogP contribution in [0, 0.1) is 11.8 Å². The van der Waals surface area contributed by atoms with Gasteiger partial charge in [-0.25, -0.2) is 0 Å². The van der Waals surface area contributed by atoms with Crippen LogP contribution in [0.5, 0.6) is 0 Å². The molecule has 3 aliphatic rings. The van der Waals surface area contributed by atoms with Crippen LogP contribution in [-0.2, 0) is 0 Å². The third-order valence-electron chi connectivity index (χ3n) is 5.55. The Kier molecular flexibility index (Phi) is 3.45. The highest BCUT2D eigenvalue weighted by Crippen LogP contribution is 2.48. The molecule has 0 spiro atoms. The first-order valence-corrected chi connectivity index (χ1v) is 7.79. The van der Waals surface area contributed by atoms with E-state index in [2.05, 4.69) is 4.90 Å². The van der Waals surface area contributed by atoms with Gasteiger partial charge in [0.05, 0.1) is 0 Å². The second-order valence-corrected chi connectivity index (χ2v) is 6.67. The summed E-state index contributed by atoms with van der Waals surface area (Å²) in [5.41, 5.74) is 6.60. The van der Waals surface area contributed by atoms with Crippen LogP contribution in [0.4, 0.5) is 0 Å². The van der Waals surface area contributed by atoms with E-state index in [4.69, 9.17) is 5.73 Å². The van der Waals surface area contributed by atoms with Gasteiger partial charge in [-0.15, -0.1) is 0 Å². The van der Waals surface area contributed by atoms with Gasteiger partial charge < -0.3 is 5.73 Å². The minimum atomic E-state index is 0.395. The maximum absolute atomic E-state index is 6.21. The van der Waals surface area contributed by atoms with Gasteiger partial charge >= 0.3 is 0 Å². The fraction of sp³-hybridized carbons (Fsp3) is 1.00. The monoisotopic (exact) mass is 236 g/mol. The summed E-state index contributed by atoms with van der Waals surface area (Å²) in [5.74, 6) is 2.08. The number of hydrogen-bond donors (Lipinski definition) is 1. The van der Waals surface area contributed by atoms with E-state index in [1.165, 1.54) is 70.9 Å². The van der Waals surface area contributed by atoms with Crippen LogP contribution in [0.2, 0.25) is 0 Å². The number of nitrogens with zero attached hydrogens (tertiary/aromatic N) is 1. The molecular weight excluding hydrogens is 208 g/mol. The minimum Gasteiger partial charge on any atom is -0.329 e. The molecule has 2 N–H and O–H groups in total. The molecule has 0 bridgehead atoms. The quantitative estimate of drug-likeness (QED) is 0.816. The van der Waals surface area contributed by atoms with Crippen LogP contribution >= 0.6 is 0 Å². The predicted octanol–water partition coefficient (Wildman–Crippen LogP) is 2.77. The van der Waals surface area contributed by atoms with Crippen LogP contribution in [0.3, 0.4) is 0 Å². The number of piperidine rings is 1. The highest BCUT2D eigenvalue weighted by molar-refractivity contribution is 5.00. The highest BCUT2D eigenvalue weighted by atomic mass is 15.2. The molecule has 0 amide bonds. The van der Waals surface area contributed by atoms with Gasteiger partial charge in [0.2, 0.25) is 0 Å². The zero-order valence-electron chi connectivity index (χ0n) is 11.2. The van der Waals surface area contributed by atoms with E-state index in [-0.39, 0.29) is 0 Å². The first-order valence-electron chi connectivity index (χ1n) is 7.79. The van der Waals surface area contributed by atoms with Gasteiger partial charge in [0.25, 0.3) is 0 Å². The van der Waals surface area contributed by atoms with E-state index in [1.807, 2.05) is 0 Å². The Morgan fingerprint density at radius 3 is 2.35 bits per heavy atom. The third-order valence-corrected chi connectivity index (χ3v) is 5.55. The number of likely N-dealkylation sites (tertiary alicyclic amines) is 1.